The van der Waals surface area contributed by atoms with Gasteiger partial charge in [-0.05, 0) is 36.5 Å². The smallest absolute Gasteiger partial charge is 0.157 e. The highest BCUT2D eigenvalue weighted by Crippen LogP contribution is 2.31. The van der Waals surface area contributed by atoms with Gasteiger partial charge in [0.25, 0.3) is 0 Å². The molecule has 1 aromatic carbocycles. The Balaban J connectivity index is 1.60. The van der Waals surface area contributed by atoms with E-state index in [2.05, 4.69) is 45.5 Å². The van der Waals surface area contributed by atoms with Gasteiger partial charge in [-0.1, -0.05) is 52.7 Å². The van der Waals surface area contributed by atoms with E-state index < -0.39 is 0 Å². The molecule has 0 aromatic heterocycles. The summed E-state index contributed by atoms with van der Waals surface area (Å²) in [5, 5.41) is 4.79. The maximum Gasteiger partial charge on any atom is 0.157 e. The molecule has 2 atom stereocenters. The third-order valence-corrected chi connectivity index (χ3v) is 5.61. The molecule has 2 nitrogen and oxygen atoms in total. The van der Waals surface area contributed by atoms with Crippen LogP contribution in [-0.2, 0) is 6.54 Å². The highest BCUT2D eigenvalue weighted by Gasteiger charge is 2.29. The molecule has 1 aromatic rings. The van der Waals surface area contributed by atoms with Crippen LogP contribution in [0.3, 0.4) is 0 Å². The second kappa shape index (κ2) is 6.31. The molecule has 4 heteroatoms. The first-order valence-corrected chi connectivity index (χ1v) is 8.77. The van der Waals surface area contributed by atoms with Crippen molar-refractivity contribution in [3.8, 4) is 0 Å². The summed E-state index contributed by atoms with van der Waals surface area (Å²) in [6, 6.07) is 9.09. The van der Waals surface area contributed by atoms with E-state index >= 15 is 0 Å². The lowest BCUT2D eigenvalue weighted by atomic mass is 9.86. The molecule has 0 bridgehead atoms. The number of aliphatic imine (C=N–C) groups is 1. The minimum absolute atomic E-state index is 0.679. The number of benzene rings is 1. The van der Waals surface area contributed by atoms with E-state index in [4.69, 9.17) is 4.99 Å². The number of rotatable bonds is 2. The van der Waals surface area contributed by atoms with Crippen molar-refractivity contribution in [2.24, 2.45) is 10.9 Å². The Morgan fingerprint density at radius 3 is 2.84 bits per heavy atom. The van der Waals surface area contributed by atoms with Crippen LogP contribution >= 0.6 is 27.7 Å². The van der Waals surface area contributed by atoms with Gasteiger partial charge in [0.1, 0.15) is 0 Å². The second-order valence-corrected chi connectivity index (χ2v) is 7.28. The molecule has 1 saturated heterocycles. The van der Waals surface area contributed by atoms with Crippen molar-refractivity contribution in [2.45, 2.75) is 38.3 Å². The highest BCUT2D eigenvalue weighted by atomic mass is 79.9. The number of nitrogens with zero attached hydrogens (tertiary/aromatic N) is 1. The monoisotopic (exact) mass is 338 g/mol. The van der Waals surface area contributed by atoms with Gasteiger partial charge in [0, 0.05) is 16.3 Å². The molecule has 102 valence electrons. The quantitative estimate of drug-likeness (QED) is 0.873. The average molecular weight is 339 g/mol. The predicted molar refractivity (Wildman–Crippen MR) is 86.6 cm³/mol. The number of nitrogens with one attached hydrogen (secondary N) is 1. The average Bonchev–Trinajstić information content (AvgIpc) is 2.46. The Morgan fingerprint density at radius 1 is 1.21 bits per heavy atom. The topological polar surface area (TPSA) is 24.4 Å². The van der Waals surface area contributed by atoms with Gasteiger partial charge in [-0.3, -0.25) is 4.99 Å². The molecule has 19 heavy (non-hydrogen) atoms. The maximum absolute atomic E-state index is 4.73. The number of fused-ring (bicyclic) bond motifs is 1. The lowest BCUT2D eigenvalue weighted by Gasteiger charge is -2.36. The molecule has 0 amide bonds. The van der Waals surface area contributed by atoms with Crippen LogP contribution in [0.5, 0.6) is 0 Å². The fraction of sp³-hybridized carbons (Fsp3) is 0.533. The maximum atomic E-state index is 4.73. The highest BCUT2D eigenvalue weighted by molar-refractivity contribution is 9.10. The molecule has 0 spiro atoms. The molecule has 2 aliphatic rings. The Morgan fingerprint density at radius 2 is 2.00 bits per heavy atom. The summed E-state index contributed by atoms with van der Waals surface area (Å²) in [6.45, 7) is 0.778. The van der Waals surface area contributed by atoms with Crippen molar-refractivity contribution in [2.75, 3.05) is 5.75 Å². The van der Waals surface area contributed by atoms with Gasteiger partial charge < -0.3 is 5.32 Å². The minimum Gasteiger partial charge on any atom is -0.362 e. The lowest BCUT2D eigenvalue weighted by Crippen LogP contribution is -2.46. The molecular weight excluding hydrogens is 320 g/mol. The summed E-state index contributed by atoms with van der Waals surface area (Å²) in [6.07, 6.45) is 5.50. The molecule has 1 saturated carbocycles. The van der Waals surface area contributed by atoms with E-state index in [1.807, 2.05) is 11.8 Å². The number of hydrogen-bond acceptors (Lipinski definition) is 2. The third kappa shape index (κ3) is 3.54. The Kier molecular flexibility index (Phi) is 4.49. The largest absolute Gasteiger partial charge is 0.362 e. The molecule has 2 unspecified atom stereocenters. The van der Waals surface area contributed by atoms with Gasteiger partial charge >= 0.3 is 0 Å². The van der Waals surface area contributed by atoms with Crippen LogP contribution in [0.15, 0.2) is 33.7 Å². The molecular formula is C15H19BrN2S. The minimum atomic E-state index is 0.679. The zero-order chi connectivity index (χ0) is 13.1. The normalized spacial score (nSPS) is 28.8. The van der Waals surface area contributed by atoms with Crippen LogP contribution in [0.4, 0.5) is 0 Å². The van der Waals surface area contributed by atoms with Gasteiger partial charge in [-0.25, -0.2) is 0 Å². The molecule has 1 heterocycles. The van der Waals surface area contributed by atoms with Crippen LogP contribution in [0.25, 0.3) is 0 Å². The predicted octanol–water partition coefficient (Wildman–Crippen LogP) is 4.20. The van der Waals surface area contributed by atoms with E-state index in [1.54, 1.807) is 0 Å². The summed E-state index contributed by atoms with van der Waals surface area (Å²) >= 11 is 5.36. The van der Waals surface area contributed by atoms with Crippen LogP contribution in [0.2, 0.25) is 0 Å². The van der Waals surface area contributed by atoms with Gasteiger partial charge in [-0.2, -0.15) is 0 Å². The van der Waals surface area contributed by atoms with E-state index in [0.717, 1.165) is 22.1 Å². The Bertz CT molecular complexity index is 458. The molecule has 2 fully saturated rings. The van der Waals surface area contributed by atoms with Crippen LogP contribution < -0.4 is 5.32 Å². The SMILES string of the molecule is Brc1ccc(CN=C2NC3CCCCC3CS2)cc1. The van der Waals surface area contributed by atoms with E-state index in [9.17, 15) is 0 Å². The van der Waals surface area contributed by atoms with Crippen molar-refractivity contribution in [1.29, 1.82) is 0 Å². The second-order valence-electron chi connectivity index (χ2n) is 5.35. The van der Waals surface area contributed by atoms with Crippen molar-refractivity contribution < 1.29 is 0 Å². The molecule has 0 radical (unpaired) electrons. The van der Waals surface area contributed by atoms with Gasteiger partial charge in [0.2, 0.25) is 0 Å². The first-order chi connectivity index (χ1) is 9.31. The number of thioether (sulfide) groups is 1. The van der Waals surface area contributed by atoms with Crippen molar-refractivity contribution in [3.05, 3.63) is 34.3 Å². The fourth-order valence-corrected chi connectivity index (χ4v) is 4.25. The summed E-state index contributed by atoms with van der Waals surface area (Å²) in [5.74, 6) is 2.11. The summed E-state index contributed by atoms with van der Waals surface area (Å²) < 4.78 is 1.12. The van der Waals surface area contributed by atoms with Crippen molar-refractivity contribution >= 4 is 32.9 Å². The van der Waals surface area contributed by atoms with Crippen LogP contribution in [-0.4, -0.2) is 17.0 Å². The molecule has 3 rings (SSSR count). The molecule has 1 N–H and O–H groups in total. The Hall–Kier alpha value is -0.480. The van der Waals surface area contributed by atoms with E-state index in [-0.39, 0.29) is 0 Å². The van der Waals surface area contributed by atoms with Crippen molar-refractivity contribution in [1.82, 2.24) is 5.32 Å². The zero-order valence-electron chi connectivity index (χ0n) is 10.9. The third-order valence-electron chi connectivity index (χ3n) is 3.97. The summed E-state index contributed by atoms with van der Waals surface area (Å²) in [7, 11) is 0. The number of halogens is 1. The van der Waals surface area contributed by atoms with Gasteiger partial charge in [0.05, 0.1) is 6.54 Å². The standard InChI is InChI=1S/C15H19BrN2S/c16-13-7-5-11(6-8-13)9-17-15-18-14-4-2-1-3-12(14)10-19-15/h5-8,12,14H,1-4,9-10H2,(H,17,18). The molecule has 1 aliphatic heterocycles. The number of hydrogen-bond donors (Lipinski definition) is 1. The first kappa shape index (κ1) is 13.5. The lowest BCUT2D eigenvalue weighted by molar-refractivity contribution is 0.311. The Labute approximate surface area is 127 Å². The zero-order valence-corrected chi connectivity index (χ0v) is 13.3. The number of amidine groups is 1. The van der Waals surface area contributed by atoms with Gasteiger partial charge in [-0.15, -0.1) is 0 Å². The summed E-state index contributed by atoms with van der Waals surface area (Å²) in [4.78, 5) is 4.73. The van der Waals surface area contributed by atoms with E-state index in [1.165, 1.54) is 37.0 Å². The van der Waals surface area contributed by atoms with Crippen molar-refractivity contribution in [3.63, 3.8) is 0 Å². The first-order valence-electron chi connectivity index (χ1n) is 6.99. The van der Waals surface area contributed by atoms with Crippen LogP contribution in [0.1, 0.15) is 31.2 Å². The van der Waals surface area contributed by atoms with E-state index in [0.29, 0.717) is 6.04 Å². The fourth-order valence-electron chi connectivity index (χ4n) is 2.83. The van der Waals surface area contributed by atoms with Crippen LogP contribution in [0, 0.1) is 5.92 Å². The summed E-state index contributed by atoms with van der Waals surface area (Å²) in [5.41, 5.74) is 1.27. The van der Waals surface area contributed by atoms with Gasteiger partial charge in [0.15, 0.2) is 5.17 Å². The molecule has 1 aliphatic carbocycles.